The molecule has 2 N–H and O–H groups in total. The standard InChI is InChI=1S/C17H15ClFN9O2/c1-9(30-2)14-12(7-24-27-13(19)8-21-16(14)27)26-17(29)25-10-5-11(18)15(20-6-10)28-22-3-4-23-28/h3-9H,1-2H3,(H2,25,26,29)/t9-/m0/s1. The number of fused-ring (bicyclic) bond motifs is 1. The van der Waals surface area contributed by atoms with E-state index in [0.717, 1.165) is 10.7 Å². The van der Waals surface area contributed by atoms with Gasteiger partial charge in [0, 0.05) is 7.11 Å². The zero-order chi connectivity index (χ0) is 21.3. The number of nitrogens with one attached hydrogen (secondary N) is 2. The van der Waals surface area contributed by atoms with Crippen LogP contribution < -0.4 is 10.6 Å². The molecule has 0 aliphatic carbocycles. The molecule has 0 unspecified atom stereocenters. The van der Waals surface area contributed by atoms with Gasteiger partial charge in [-0.25, -0.2) is 14.8 Å². The number of hydrogen-bond acceptors (Lipinski definition) is 7. The van der Waals surface area contributed by atoms with Crippen molar-refractivity contribution in [2.75, 3.05) is 17.7 Å². The number of hydrogen-bond donors (Lipinski definition) is 2. The number of nitrogens with zero attached hydrogens (tertiary/aromatic N) is 7. The van der Waals surface area contributed by atoms with Gasteiger partial charge in [-0.2, -0.15) is 24.2 Å². The van der Waals surface area contributed by atoms with Crippen molar-refractivity contribution in [1.29, 1.82) is 0 Å². The second-order valence-corrected chi connectivity index (χ2v) is 6.50. The van der Waals surface area contributed by atoms with E-state index in [2.05, 4.69) is 35.9 Å². The lowest BCUT2D eigenvalue weighted by Crippen LogP contribution is -2.22. The highest BCUT2D eigenvalue weighted by atomic mass is 35.5. The molecule has 1 atom stereocenters. The SMILES string of the molecule is CO[C@@H](C)c1c(NC(=O)Nc2cnc(-n3nccn3)c(Cl)c2)cnn2c(F)cnc12. The van der Waals surface area contributed by atoms with Gasteiger partial charge in [0.25, 0.3) is 0 Å². The van der Waals surface area contributed by atoms with Crippen molar-refractivity contribution in [3.63, 3.8) is 0 Å². The summed E-state index contributed by atoms with van der Waals surface area (Å²) in [6, 6.07) is 0.928. The van der Waals surface area contributed by atoms with Crippen LogP contribution in [0.2, 0.25) is 5.02 Å². The molecule has 0 saturated heterocycles. The number of aromatic nitrogens is 7. The lowest BCUT2D eigenvalue weighted by molar-refractivity contribution is 0.120. The average Bonchev–Trinajstić information content (AvgIpc) is 3.38. The number of methoxy groups -OCH3 is 1. The summed E-state index contributed by atoms with van der Waals surface area (Å²) in [5, 5.41) is 17.4. The van der Waals surface area contributed by atoms with Crippen LogP contribution >= 0.6 is 11.6 Å². The summed E-state index contributed by atoms with van der Waals surface area (Å²) in [6.07, 6.45) is 6.28. The second-order valence-electron chi connectivity index (χ2n) is 6.09. The molecule has 154 valence electrons. The molecule has 0 spiro atoms. The van der Waals surface area contributed by atoms with E-state index >= 15 is 0 Å². The maximum atomic E-state index is 13.8. The van der Waals surface area contributed by atoms with Gasteiger partial charge in [-0.1, -0.05) is 11.6 Å². The topological polar surface area (TPSA) is 124 Å². The predicted octanol–water partition coefficient (Wildman–Crippen LogP) is 2.85. The lowest BCUT2D eigenvalue weighted by Gasteiger charge is -2.16. The van der Waals surface area contributed by atoms with Gasteiger partial charge in [-0.3, -0.25) is 0 Å². The molecule has 0 bridgehead atoms. The maximum absolute atomic E-state index is 13.8. The number of ether oxygens (including phenoxy) is 1. The Balaban J connectivity index is 1.57. The number of urea groups is 1. The number of halogens is 2. The van der Waals surface area contributed by atoms with Crippen molar-refractivity contribution in [2.24, 2.45) is 0 Å². The van der Waals surface area contributed by atoms with Crippen molar-refractivity contribution in [2.45, 2.75) is 13.0 Å². The van der Waals surface area contributed by atoms with Crippen LogP contribution in [0.4, 0.5) is 20.6 Å². The maximum Gasteiger partial charge on any atom is 0.323 e. The van der Waals surface area contributed by atoms with Gasteiger partial charge in [0.2, 0.25) is 5.95 Å². The highest BCUT2D eigenvalue weighted by Gasteiger charge is 2.20. The first-order chi connectivity index (χ1) is 14.5. The fourth-order valence-corrected chi connectivity index (χ4v) is 3.04. The normalized spacial score (nSPS) is 12.1. The third-order valence-electron chi connectivity index (χ3n) is 4.23. The molecule has 4 aromatic rings. The number of carbonyl (C=O) groups excluding carboxylic acids is 1. The van der Waals surface area contributed by atoms with Crippen molar-refractivity contribution >= 4 is 34.7 Å². The van der Waals surface area contributed by atoms with Crippen LogP contribution in [0.3, 0.4) is 0 Å². The Morgan fingerprint density at radius 3 is 2.63 bits per heavy atom. The van der Waals surface area contributed by atoms with E-state index in [1.165, 1.54) is 42.8 Å². The molecule has 0 aliphatic heterocycles. The summed E-state index contributed by atoms with van der Waals surface area (Å²) in [5.74, 6) is -0.308. The van der Waals surface area contributed by atoms with Gasteiger partial charge < -0.3 is 15.4 Å². The van der Waals surface area contributed by atoms with Crippen molar-refractivity contribution in [3.8, 4) is 5.82 Å². The van der Waals surface area contributed by atoms with Crippen LogP contribution in [0.1, 0.15) is 18.6 Å². The molecule has 0 saturated carbocycles. The van der Waals surface area contributed by atoms with Gasteiger partial charge in [-0.15, -0.1) is 4.80 Å². The highest BCUT2D eigenvalue weighted by molar-refractivity contribution is 6.32. The molecule has 0 fully saturated rings. The number of imidazole rings is 1. The lowest BCUT2D eigenvalue weighted by atomic mass is 10.1. The van der Waals surface area contributed by atoms with Crippen LogP contribution in [0.15, 0.2) is 37.1 Å². The molecule has 4 rings (SSSR count). The number of rotatable bonds is 5. The minimum Gasteiger partial charge on any atom is -0.377 e. The van der Waals surface area contributed by atoms with Gasteiger partial charge >= 0.3 is 6.03 Å². The van der Waals surface area contributed by atoms with Crippen LogP contribution in [0.5, 0.6) is 0 Å². The van der Waals surface area contributed by atoms with Gasteiger partial charge in [-0.05, 0) is 13.0 Å². The van der Waals surface area contributed by atoms with Crippen molar-refractivity contribution in [3.05, 3.63) is 53.6 Å². The van der Waals surface area contributed by atoms with Crippen molar-refractivity contribution < 1.29 is 13.9 Å². The third-order valence-corrected chi connectivity index (χ3v) is 4.50. The van der Waals surface area contributed by atoms with E-state index in [-0.39, 0.29) is 10.7 Å². The zero-order valence-corrected chi connectivity index (χ0v) is 16.5. The first kappa shape index (κ1) is 19.7. The quantitative estimate of drug-likeness (QED) is 0.497. The molecule has 0 aromatic carbocycles. The van der Waals surface area contributed by atoms with Crippen LogP contribution in [0, 0.1) is 5.95 Å². The second kappa shape index (κ2) is 8.00. The number of amides is 2. The first-order valence-electron chi connectivity index (χ1n) is 8.63. The summed E-state index contributed by atoms with van der Waals surface area (Å²) in [5.41, 5.74) is 1.37. The Hall–Kier alpha value is -3.64. The Labute approximate surface area is 173 Å². The molecule has 11 nitrogen and oxygen atoms in total. The number of pyridine rings is 1. The van der Waals surface area contributed by atoms with Crippen LogP contribution in [0.25, 0.3) is 11.5 Å². The average molecular weight is 432 g/mol. The largest absolute Gasteiger partial charge is 0.377 e. The number of carbonyl (C=O) groups is 1. The van der Waals surface area contributed by atoms with Gasteiger partial charge in [0.05, 0.1) is 59.0 Å². The molecule has 4 heterocycles. The summed E-state index contributed by atoms with van der Waals surface area (Å²) in [4.78, 5) is 22.0. The smallest absolute Gasteiger partial charge is 0.323 e. The van der Waals surface area contributed by atoms with E-state index in [9.17, 15) is 9.18 Å². The molecule has 0 radical (unpaired) electrons. The molecule has 30 heavy (non-hydrogen) atoms. The summed E-state index contributed by atoms with van der Waals surface area (Å²) in [6.45, 7) is 1.75. The molecular formula is C17H15ClFN9O2. The Morgan fingerprint density at radius 1 is 1.17 bits per heavy atom. The summed E-state index contributed by atoms with van der Waals surface area (Å²) >= 11 is 6.21. The van der Waals surface area contributed by atoms with Gasteiger partial charge in [0.1, 0.15) is 0 Å². The van der Waals surface area contributed by atoms with E-state index < -0.39 is 18.1 Å². The molecule has 0 aliphatic rings. The molecule has 13 heteroatoms. The predicted molar refractivity (Wildman–Crippen MR) is 105 cm³/mol. The van der Waals surface area contributed by atoms with E-state index in [1.807, 2.05) is 0 Å². The Bertz CT molecular complexity index is 1210. The van der Waals surface area contributed by atoms with E-state index in [0.29, 0.717) is 22.8 Å². The molecule has 4 aromatic heterocycles. The third kappa shape index (κ3) is 3.65. The fourth-order valence-electron chi connectivity index (χ4n) is 2.80. The summed E-state index contributed by atoms with van der Waals surface area (Å²) in [7, 11) is 1.49. The van der Waals surface area contributed by atoms with E-state index in [1.54, 1.807) is 6.92 Å². The van der Waals surface area contributed by atoms with E-state index in [4.69, 9.17) is 16.3 Å². The highest BCUT2D eigenvalue weighted by Crippen LogP contribution is 2.28. The minimum atomic E-state index is -0.627. The monoisotopic (exact) mass is 431 g/mol. The molecular weight excluding hydrogens is 417 g/mol. The fraction of sp³-hybridized carbons (Fsp3) is 0.176. The summed E-state index contributed by atoms with van der Waals surface area (Å²) < 4.78 is 20.2. The van der Waals surface area contributed by atoms with Crippen LogP contribution in [-0.4, -0.2) is 47.7 Å². The number of anilines is 2. The Kier molecular flexibility index (Phi) is 5.25. The van der Waals surface area contributed by atoms with Crippen LogP contribution in [-0.2, 0) is 4.74 Å². The molecule has 2 amide bonds. The zero-order valence-electron chi connectivity index (χ0n) is 15.7. The van der Waals surface area contributed by atoms with Gasteiger partial charge in [0.15, 0.2) is 11.5 Å². The minimum absolute atomic E-state index is 0.237. The first-order valence-corrected chi connectivity index (χ1v) is 9.01. The van der Waals surface area contributed by atoms with Crippen molar-refractivity contribution in [1.82, 2.24) is 34.6 Å². The Morgan fingerprint density at radius 2 is 1.93 bits per heavy atom.